The standard InChI is InChI=1S/C10H16N4O2/c1-2-14-7-8(9(11)12-14)10(15)13-3-5-16-6-4-13/h7H,2-6H2,1H3,(H2,11,12). The molecule has 2 heterocycles. The third kappa shape index (κ3) is 2.01. The maximum atomic E-state index is 12.1. The Morgan fingerprint density at radius 1 is 1.56 bits per heavy atom. The van der Waals surface area contributed by atoms with E-state index in [1.54, 1.807) is 15.8 Å². The predicted molar refractivity (Wildman–Crippen MR) is 59.0 cm³/mol. The molecule has 6 heteroatoms. The van der Waals surface area contributed by atoms with E-state index in [4.69, 9.17) is 10.5 Å². The Labute approximate surface area is 94.0 Å². The molecule has 1 aromatic rings. The predicted octanol–water partition coefficient (Wildman–Crippen LogP) is -0.0424. The molecule has 0 aliphatic carbocycles. The van der Waals surface area contributed by atoms with Gasteiger partial charge in [0.2, 0.25) is 0 Å². The molecule has 1 aliphatic rings. The number of carbonyl (C=O) groups excluding carboxylic acids is 1. The molecule has 0 bridgehead atoms. The van der Waals surface area contributed by atoms with Crippen molar-refractivity contribution in [2.45, 2.75) is 13.5 Å². The molecule has 0 saturated carbocycles. The van der Waals surface area contributed by atoms with Crippen LogP contribution in [0, 0.1) is 0 Å². The van der Waals surface area contributed by atoms with Crippen molar-refractivity contribution < 1.29 is 9.53 Å². The zero-order valence-corrected chi connectivity index (χ0v) is 9.35. The summed E-state index contributed by atoms with van der Waals surface area (Å²) in [6, 6.07) is 0. The molecular weight excluding hydrogens is 208 g/mol. The highest BCUT2D eigenvalue weighted by atomic mass is 16.5. The fourth-order valence-electron chi connectivity index (χ4n) is 1.70. The summed E-state index contributed by atoms with van der Waals surface area (Å²) in [6.07, 6.45) is 1.70. The first-order valence-corrected chi connectivity index (χ1v) is 5.42. The van der Waals surface area contributed by atoms with Crippen LogP contribution in [0.3, 0.4) is 0 Å². The van der Waals surface area contributed by atoms with Gasteiger partial charge in [0.15, 0.2) is 5.82 Å². The summed E-state index contributed by atoms with van der Waals surface area (Å²) >= 11 is 0. The maximum Gasteiger partial charge on any atom is 0.259 e. The summed E-state index contributed by atoms with van der Waals surface area (Å²) in [6.45, 7) is 5.09. The number of rotatable bonds is 2. The lowest BCUT2D eigenvalue weighted by Crippen LogP contribution is -2.40. The maximum absolute atomic E-state index is 12.1. The van der Waals surface area contributed by atoms with E-state index in [2.05, 4.69) is 5.10 Å². The Bertz CT molecular complexity index is 382. The number of nitrogen functional groups attached to an aromatic ring is 1. The van der Waals surface area contributed by atoms with E-state index in [-0.39, 0.29) is 5.91 Å². The quantitative estimate of drug-likeness (QED) is 0.765. The summed E-state index contributed by atoms with van der Waals surface area (Å²) in [5.74, 6) is 0.249. The number of morpholine rings is 1. The van der Waals surface area contributed by atoms with Crippen molar-refractivity contribution in [3.05, 3.63) is 11.8 Å². The van der Waals surface area contributed by atoms with Crippen molar-refractivity contribution >= 4 is 11.7 Å². The third-order valence-corrected chi connectivity index (χ3v) is 2.64. The van der Waals surface area contributed by atoms with Gasteiger partial charge < -0.3 is 15.4 Å². The molecule has 1 saturated heterocycles. The number of ether oxygens (including phenoxy) is 1. The molecule has 1 amide bonds. The van der Waals surface area contributed by atoms with Gasteiger partial charge >= 0.3 is 0 Å². The van der Waals surface area contributed by atoms with Gasteiger partial charge in [-0.3, -0.25) is 9.48 Å². The van der Waals surface area contributed by atoms with E-state index in [1.165, 1.54) is 0 Å². The number of hydrogen-bond acceptors (Lipinski definition) is 4. The summed E-state index contributed by atoms with van der Waals surface area (Å²) in [4.78, 5) is 13.8. The molecule has 2 rings (SSSR count). The molecule has 88 valence electrons. The fraction of sp³-hybridized carbons (Fsp3) is 0.600. The number of amides is 1. The second-order valence-electron chi connectivity index (χ2n) is 3.69. The minimum Gasteiger partial charge on any atom is -0.382 e. The zero-order valence-electron chi connectivity index (χ0n) is 9.35. The van der Waals surface area contributed by atoms with E-state index in [0.717, 1.165) is 0 Å². The highest BCUT2D eigenvalue weighted by Gasteiger charge is 2.22. The number of carbonyl (C=O) groups is 1. The molecule has 1 aliphatic heterocycles. The summed E-state index contributed by atoms with van der Waals surface area (Å²) in [7, 11) is 0. The SMILES string of the molecule is CCn1cc(C(=O)N2CCOCC2)c(N)n1. The van der Waals surface area contributed by atoms with Gasteiger partial charge in [-0.25, -0.2) is 0 Å². The Morgan fingerprint density at radius 2 is 2.25 bits per heavy atom. The van der Waals surface area contributed by atoms with Crippen molar-refractivity contribution in [3.63, 3.8) is 0 Å². The van der Waals surface area contributed by atoms with E-state index < -0.39 is 0 Å². The van der Waals surface area contributed by atoms with Crippen LogP contribution in [0.4, 0.5) is 5.82 Å². The van der Waals surface area contributed by atoms with E-state index >= 15 is 0 Å². The van der Waals surface area contributed by atoms with Gasteiger partial charge in [0.25, 0.3) is 5.91 Å². The lowest BCUT2D eigenvalue weighted by Gasteiger charge is -2.26. The van der Waals surface area contributed by atoms with Gasteiger partial charge in [-0.05, 0) is 6.92 Å². The third-order valence-electron chi connectivity index (χ3n) is 2.64. The number of aryl methyl sites for hydroxylation is 1. The first-order valence-electron chi connectivity index (χ1n) is 5.42. The average molecular weight is 224 g/mol. The highest BCUT2D eigenvalue weighted by Crippen LogP contribution is 2.13. The molecule has 16 heavy (non-hydrogen) atoms. The largest absolute Gasteiger partial charge is 0.382 e. The molecule has 2 N–H and O–H groups in total. The lowest BCUT2D eigenvalue weighted by molar-refractivity contribution is 0.0303. The molecule has 1 fully saturated rings. The second-order valence-corrected chi connectivity index (χ2v) is 3.69. The Hall–Kier alpha value is -1.56. The first kappa shape index (κ1) is 10.9. The summed E-state index contributed by atoms with van der Waals surface area (Å²) in [5.41, 5.74) is 6.20. The molecule has 0 aromatic carbocycles. The van der Waals surface area contributed by atoms with Crippen LogP contribution in [0.2, 0.25) is 0 Å². The first-order chi connectivity index (χ1) is 7.72. The van der Waals surface area contributed by atoms with E-state index in [9.17, 15) is 4.79 Å². The van der Waals surface area contributed by atoms with Crippen LogP contribution in [-0.2, 0) is 11.3 Å². The van der Waals surface area contributed by atoms with Gasteiger partial charge in [0.05, 0.1) is 13.2 Å². The van der Waals surface area contributed by atoms with Crippen LogP contribution in [0.25, 0.3) is 0 Å². The van der Waals surface area contributed by atoms with Crippen LogP contribution in [-0.4, -0.2) is 46.9 Å². The lowest BCUT2D eigenvalue weighted by atomic mass is 10.2. The number of anilines is 1. The second kappa shape index (κ2) is 4.52. The van der Waals surface area contributed by atoms with Gasteiger partial charge in [-0.1, -0.05) is 0 Å². The topological polar surface area (TPSA) is 73.4 Å². The minimum absolute atomic E-state index is 0.0551. The van der Waals surface area contributed by atoms with Crippen LogP contribution < -0.4 is 5.73 Å². The van der Waals surface area contributed by atoms with E-state index in [0.29, 0.717) is 44.2 Å². The van der Waals surface area contributed by atoms with Crippen molar-refractivity contribution in [2.24, 2.45) is 0 Å². The molecular formula is C10H16N4O2. The highest BCUT2D eigenvalue weighted by molar-refractivity contribution is 5.98. The Morgan fingerprint density at radius 3 is 2.81 bits per heavy atom. The van der Waals surface area contributed by atoms with Crippen LogP contribution in [0.15, 0.2) is 6.20 Å². The Kier molecular flexibility index (Phi) is 3.09. The number of hydrogen-bond donors (Lipinski definition) is 1. The van der Waals surface area contributed by atoms with Gasteiger partial charge in [0, 0.05) is 25.8 Å². The monoisotopic (exact) mass is 224 g/mol. The normalized spacial score (nSPS) is 16.4. The zero-order chi connectivity index (χ0) is 11.5. The molecule has 0 spiro atoms. The van der Waals surface area contributed by atoms with E-state index in [1.807, 2.05) is 6.92 Å². The molecule has 0 radical (unpaired) electrons. The summed E-state index contributed by atoms with van der Waals surface area (Å²) in [5, 5.41) is 4.06. The fourth-order valence-corrected chi connectivity index (χ4v) is 1.70. The van der Waals surface area contributed by atoms with Crippen molar-refractivity contribution in [1.29, 1.82) is 0 Å². The number of nitrogens with two attached hydrogens (primary N) is 1. The van der Waals surface area contributed by atoms with Crippen LogP contribution in [0.5, 0.6) is 0 Å². The minimum atomic E-state index is -0.0551. The number of nitrogens with zero attached hydrogens (tertiary/aromatic N) is 3. The molecule has 0 atom stereocenters. The average Bonchev–Trinajstić information content (AvgIpc) is 2.71. The van der Waals surface area contributed by atoms with Gasteiger partial charge in [-0.15, -0.1) is 0 Å². The molecule has 6 nitrogen and oxygen atoms in total. The van der Waals surface area contributed by atoms with Crippen molar-refractivity contribution in [3.8, 4) is 0 Å². The Balaban J connectivity index is 2.15. The summed E-state index contributed by atoms with van der Waals surface area (Å²) < 4.78 is 6.87. The van der Waals surface area contributed by atoms with Gasteiger partial charge in [0.1, 0.15) is 5.56 Å². The molecule has 1 aromatic heterocycles. The van der Waals surface area contributed by atoms with Crippen LogP contribution in [0.1, 0.15) is 17.3 Å². The van der Waals surface area contributed by atoms with Crippen molar-refractivity contribution in [1.82, 2.24) is 14.7 Å². The number of aromatic nitrogens is 2. The van der Waals surface area contributed by atoms with Gasteiger partial charge in [-0.2, -0.15) is 5.10 Å². The molecule has 0 unspecified atom stereocenters. The smallest absolute Gasteiger partial charge is 0.259 e. The van der Waals surface area contributed by atoms with Crippen LogP contribution >= 0.6 is 0 Å². The van der Waals surface area contributed by atoms with Crippen molar-refractivity contribution in [2.75, 3.05) is 32.0 Å².